The van der Waals surface area contributed by atoms with Crippen molar-refractivity contribution in [3.63, 3.8) is 0 Å². The molecule has 0 aliphatic carbocycles. The number of carbonyl (C=O) groups excluding carboxylic acids is 1. The van der Waals surface area contributed by atoms with Gasteiger partial charge in [-0.05, 0) is 18.6 Å². The Labute approximate surface area is 196 Å². The minimum absolute atomic E-state index is 0.0550. The fraction of sp³-hybridized carbons (Fsp3) is 0.391. The topological polar surface area (TPSA) is 95.0 Å². The van der Waals surface area contributed by atoms with E-state index >= 15 is 0 Å². The molecule has 33 heavy (non-hydrogen) atoms. The molecule has 1 aromatic carbocycles. The van der Waals surface area contributed by atoms with Crippen LogP contribution in [-0.2, 0) is 4.74 Å². The van der Waals surface area contributed by atoms with Gasteiger partial charge in [0, 0.05) is 39.3 Å². The molecule has 0 spiro atoms. The highest BCUT2D eigenvalue weighted by atomic mass is 32.1. The maximum atomic E-state index is 13.1. The van der Waals surface area contributed by atoms with Crippen LogP contribution in [0.2, 0.25) is 0 Å². The lowest BCUT2D eigenvalue weighted by molar-refractivity contribution is 0.0741. The Kier molecular flexibility index (Phi) is 6.47. The molecule has 0 unspecified atom stereocenters. The Bertz CT molecular complexity index is 1170. The summed E-state index contributed by atoms with van der Waals surface area (Å²) in [5.74, 6) is 1.28. The standard InChI is InChI=1S/C23H27N7O2S/c1-16-3-2-4-17(13-16)15-25-28-23-26-18-14-19(22(31)30-7-5-24-6-8-30)33-20(18)21(27-23)29-9-11-32-12-10-29/h2-4,13-15,24H,5-12H2,1H3,(H,26,27,28)/b25-15+. The van der Waals surface area contributed by atoms with E-state index in [4.69, 9.17) is 9.72 Å². The molecule has 0 atom stereocenters. The van der Waals surface area contributed by atoms with Crippen LogP contribution >= 0.6 is 11.3 Å². The number of carbonyl (C=O) groups is 1. The Morgan fingerprint density at radius 3 is 2.79 bits per heavy atom. The first-order valence-corrected chi connectivity index (χ1v) is 12.0. The quantitative estimate of drug-likeness (QED) is 0.441. The minimum Gasteiger partial charge on any atom is -0.378 e. The van der Waals surface area contributed by atoms with Gasteiger partial charge in [0.2, 0.25) is 5.95 Å². The first-order valence-electron chi connectivity index (χ1n) is 11.2. The van der Waals surface area contributed by atoms with E-state index in [0.29, 0.717) is 24.0 Å². The van der Waals surface area contributed by atoms with Crippen LogP contribution in [0.1, 0.15) is 20.8 Å². The highest BCUT2D eigenvalue weighted by Crippen LogP contribution is 2.34. The van der Waals surface area contributed by atoms with Crippen LogP contribution < -0.4 is 15.6 Å². The monoisotopic (exact) mass is 465 g/mol. The summed E-state index contributed by atoms with van der Waals surface area (Å²) in [6.45, 7) is 7.92. The van der Waals surface area contributed by atoms with Gasteiger partial charge in [-0.2, -0.15) is 10.1 Å². The van der Waals surface area contributed by atoms with Gasteiger partial charge in [0.05, 0.1) is 34.5 Å². The van der Waals surface area contributed by atoms with Crippen LogP contribution in [0, 0.1) is 6.92 Å². The van der Waals surface area contributed by atoms with Crippen molar-refractivity contribution in [1.82, 2.24) is 20.2 Å². The van der Waals surface area contributed by atoms with Gasteiger partial charge in [-0.25, -0.2) is 10.4 Å². The molecular formula is C23H27N7O2S. The molecular weight excluding hydrogens is 438 g/mol. The Morgan fingerprint density at radius 1 is 1.18 bits per heavy atom. The number of hydrazone groups is 1. The van der Waals surface area contributed by atoms with Crippen molar-refractivity contribution in [3.8, 4) is 0 Å². The molecule has 2 N–H and O–H groups in total. The number of amides is 1. The number of hydrogen-bond acceptors (Lipinski definition) is 9. The lowest BCUT2D eigenvalue weighted by atomic mass is 10.2. The highest BCUT2D eigenvalue weighted by Gasteiger charge is 2.24. The van der Waals surface area contributed by atoms with Gasteiger partial charge in [0.25, 0.3) is 5.91 Å². The number of hydrogen-bond donors (Lipinski definition) is 2. The number of nitrogens with zero attached hydrogens (tertiary/aromatic N) is 5. The molecule has 2 aliphatic rings. The lowest BCUT2D eigenvalue weighted by Gasteiger charge is -2.28. The van der Waals surface area contributed by atoms with Gasteiger partial charge in [-0.15, -0.1) is 11.3 Å². The normalized spacial score (nSPS) is 17.1. The van der Waals surface area contributed by atoms with Crippen molar-refractivity contribution < 1.29 is 9.53 Å². The molecule has 0 saturated carbocycles. The predicted octanol–water partition coefficient (Wildman–Crippen LogP) is 2.33. The van der Waals surface area contributed by atoms with Gasteiger partial charge in [-0.3, -0.25) is 4.79 Å². The molecule has 10 heteroatoms. The smallest absolute Gasteiger partial charge is 0.264 e. The fourth-order valence-electron chi connectivity index (χ4n) is 4.00. The zero-order valence-corrected chi connectivity index (χ0v) is 19.4. The third-order valence-electron chi connectivity index (χ3n) is 5.70. The number of aryl methyl sites for hydroxylation is 1. The van der Waals surface area contributed by atoms with E-state index in [1.807, 2.05) is 36.1 Å². The number of fused-ring (bicyclic) bond motifs is 1. The second-order valence-electron chi connectivity index (χ2n) is 8.12. The Morgan fingerprint density at radius 2 is 2.00 bits per heavy atom. The third kappa shape index (κ3) is 4.97. The summed E-state index contributed by atoms with van der Waals surface area (Å²) in [5, 5.41) is 7.63. The molecule has 2 saturated heterocycles. The summed E-state index contributed by atoms with van der Waals surface area (Å²) in [6.07, 6.45) is 1.75. The number of anilines is 2. The summed E-state index contributed by atoms with van der Waals surface area (Å²) in [6, 6.07) is 9.98. The fourth-order valence-corrected chi connectivity index (χ4v) is 5.08. The Hall–Kier alpha value is -3.08. The molecule has 0 bridgehead atoms. The van der Waals surface area contributed by atoms with Crippen molar-refractivity contribution in [2.45, 2.75) is 6.92 Å². The van der Waals surface area contributed by atoms with Crippen molar-refractivity contribution in [2.75, 3.05) is 62.8 Å². The SMILES string of the molecule is Cc1cccc(/C=N/Nc2nc(N3CCOCC3)c3sc(C(=O)N4CCNCC4)cc3n2)c1. The molecule has 3 aromatic rings. The third-order valence-corrected chi connectivity index (χ3v) is 6.81. The largest absolute Gasteiger partial charge is 0.378 e. The van der Waals surface area contributed by atoms with Gasteiger partial charge >= 0.3 is 0 Å². The van der Waals surface area contributed by atoms with Crippen LogP contribution in [0.15, 0.2) is 35.4 Å². The van der Waals surface area contributed by atoms with Crippen LogP contribution in [0.5, 0.6) is 0 Å². The van der Waals surface area contributed by atoms with E-state index in [9.17, 15) is 4.79 Å². The van der Waals surface area contributed by atoms with E-state index in [2.05, 4.69) is 31.8 Å². The molecule has 172 valence electrons. The van der Waals surface area contributed by atoms with Crippen molar-refractivity contribution >= 4 is 45.4 Å². The van der Waals surface area contributed by atoms with Crippen molar-refractivity contribution in [3.05, 3.63) is 46.3 Å². The second-order valence-corrected chi connectivity index (χ2v) is 9.17. The second kappa shape index (κ2) is 9.82. The van der Waals surface area contributed by atoms with E-state index in [1.54, 1.807) is 6.21 Å². The number of piperazine rings is 1. The molecule has 5 rings (SSSR count). The summed E-state index contributed by atoms with van der Waals surface area (Å²) < 4.78 is 6.44. The molecule has 0 radical (unpaired) electrons. The molecule has 4 heterocycles. The van der Waals surface area contributed by atoms with E-state index in [0.717, 1.165) is 60.9 Å². The van der Waals surface area contributed by atoms with Crippen LogP contribution in [-0.4, -0.2) is 79.5 Å². The van der Waals surface area contributed by atoms with Gasteiger partial charge in [0.15, 0.2) is 5.82 Å². The molecule has 1 amide bonds. The summed E-state index contributed by atoms with van der Waals surface area (Å²) in [7, 11) is 0. The van der Waals surface area contributed by atoms with Crippen molar-refractivity contribution in [2.24, 2.45) is 5.10 Å². The first kappa shape index (κ1) is 21.7. The van der Waals surface area contributed by atoms with Crippen LogP contribution in [0.4, 0.5) is 11.8 Å². The number of nitrogens with one attached hydrogen (secondary N) is 2. The lowest BCUT2D eigenvalue weighted by Crippen LogP contribution is -2.46. The van der Waals surface area contributed by atoms with Gasteiger partial charge in [0.1, 0.15) is 0 Å². The molecule has 2 aliphatic heterocycles. The van der Waals surface area contributed by atoms with E-state index < -0.39 is 0 Å². The summed E-state index contributed by atoms with van der Waals surface area (Å²) in [4.78, 5) is 27.3. The number of thiophene rings is 1. The number of aromatic nitrogens is 2. The maximum absolute atomic E-state index is 13.1. The van der Waals surface area contributed by atoms with E-state index in [1.165, 1.54) is 16.9 Å². The first-order chi connectivity index (χ1) is 16.2. The maximum Gasteiger partial charge on any atom is 0.264 e. The zero-order chi connectivity index (χ0) is 22.6. The number of ether oxygens (including phenoxy) is 1. The highest BCUT2D eigenvalue weighted by molar-refractivity contribution is 7.21. The molecule has 2 fully saturated rings. The van der Waals surface area contributed by atoms with Crippen LogP contribution in [0.3, 0.4) is 0 Å². The predicted molar refractivity (Wildman–Crippen MR) is 132 cm³/mol. The summed E-state index contributed by atoms with van der Waals surface area (Å²) >= 11 is 1.47. The van der Waals surface area contributed by atoms with E-state index in [-0.39, 0.29) is 5.91 Å². The summed E-state index contributed by atoms with van der Waals surface area (Å²) in [5.41, 5.74) is 5.90. The number of benzene rings is 1. The van der Waals surface area contributed by atoms with Gasteiger partial charge in [-0.1, -0.05) is 29.8 Å². The number of morpholine rings is 1. The zero-order valence-electron chi connectivity index (χ0n) is 18.6. The Balaban J connectivity index is 1.45. The van der Waals surface area contributed by atoms with Crippen molar-refractivity contribution in [1.29, 1.82) is 0 Å². The number of rotatable bonds is 5. The molecule has 2 aromatic heterocycles. The van der Waals surface area contributed by atoms with Crippen LogP contribution in [0.25, 0.3) is 10.2 Å². The average Bonchev–Trinajstić information content (AvgIpc) is 3.28. The average molecular weight is 466 g/mol. The van der Waals surface area contributed by atoms with Gasteiger partial charge < -0.3 is 19.9 Å². The molecule has 9 nitrogen and oxygen atoms in total. The minimum atomic E-state index is 0.0550.